The van der Waals surface area contributed by atoms with Crippen LogP contribution in [0.5, 0.6) is 0 Å². The molecule has 0 saturated carbocycles. The molecule has 1 aromatic heterocycles. The first-order chi connectivity index (χ1) is 14.9. The molecule has 10 heteroatoms. The second-order valence-corrected chi connectivity index (χ2v) is 8.60. The topological polar surface area (TPSA) is 126 Å². The normalized spacial score (nSPS) is 11.4. The van der Waals surface area contributed by atoms with E-state index in [2.05, 4.69) is 30.3 Å². The second kappa shape index (κ2) is 8.54. The summed E-state index contributed by atoms with van der Waals surface area (Å²) in [7, 11) is -3.85. The van der Waals surface area contributed by atoms with Gasteiger partial charge < -0.3 is 10.6 Å². The van der Waals surface area contributed by atoms with Crippen molar-refractivity contribution in [2.75, 3.05) is 10.6 Å². The Morgan fingerprint density at radius 2 is 1.65 bits per heavy atom. The molecule has 0 fully saturated rings. The number of aryl methyl sites for hydroxylation is 1. The quantitative estimate of drug-likeness (QED) is 0.423. The molecular formula is C21H19N5O4S. The van der Waals surface area contributed by atoms with E-state index >= 15 is 0 Å². The van der Waals surface area contributed by atoms with Gasteiger partial charge in [0, 0.05) is 17.9 Å². The van der Waals surface area contributed by atoms with Gasteiger partial charge >= 0.3 is 6.03 Å². The molecule has 0 atom stereocenters. The van der Waals surface area contributed by atoms with Crippen LogP contribution in [0.4, 0.5) is 16.2 Å². The minimum atomic E-state index is -3.85. The van der Waals surface area contributed by atoms with Gasteiger partial charge in [0.05, 0.1) is 0 Å². The van der Waals surface area contributed by atoms with E-state index in [9.17, 15) is 13.2 Å². The van der Waals surface area contributed by atoms with Gasteiger partial charge in [-0.1, -0.05) is 30.3 Å². The van der Waals surface area contributed by atoms with Gasteiger partial charge in [-0.2, -0.15) is 0 Å². The molecule has 0 bridgehead atoms. The highest BCUT2D eigenvalue weighted by Crippen LogP contribution is 2.20. The van der Waals surface area contributed by atoms with Crippen molar-refractivity contribution in [3.8, 4) is 0 Å². The van der Waals surface area contributed by atoms with Crippen molar-refractivity contribution in [2.45, 2.75) is 18.4 Å². The number of nitrogens with zero attached hydrogens (tertiary/aromatic N) is 2. The Hall–Kier alpha value is -3.76. The third-order valence-corrected chi connectivity index (χ3v) is 5.90. The van der Waals surface area contributed by atoms with Gasteiger partial charge in [-0.25, -0.2) is 22.6 Å². The summed E-state index contributed by atoms with van der Waals surface area (Å²) in [4.78, 5) is 12.2. The van der Waals surface area contributed by atoms with E-state index in [1.165, 1.54) is 6.07 Å². The number of fused-ring (bicyclic) bond motifs is 1. The average Bonchev–Trinajstić information content (AvgIpc) is 3.21. The number of benzene rings is 3. The molecule has 2 amide bonds. The predicted octanol–water partition coefficient (Wildman–Crippen LogP) is 3.65. The Balaban J connectivity index is 1.42. The van der Waals surface area contributed by atoms with Crippen LogP contribution < -0.4 is 15.4 Å². The number of hydrogen-bond donors (Lipinski definition) is 3. The van der Waals surface area contributed by atoms with E-state index in [1.54, 1.807) is 42.5 Å². The maximum absolute atomic E-state index is 12.7. The van der Waals surface area contributed by atoms with E-state index in [0.717, 1.165) is 5.56 Å². The van der Waals surface area contributed by atoms with Crippen LogP contribution in [-0.2, 0) is 16.6 Å². The minimum absolute atomic E-state index is 0.0157. The monoisotopic (exact) mass is 437 g/mol. The van der Waals surface area contributed by atoms with Crippen molar-refractivity contribution in [1.82, 2.24) is 15.0 Å². The highest BCUT2D eigenvalue weighted by molar-refractivity contribution is 7.89. The fraction of sp³-hybridized carbons (Fsp3) is 0.0952. The molecule has 0 radical (unpaired) electrons. The maximum Gasteiger partial charge on any atom is 0.323 e. The third kappa shape index (κ3) is 4.87. The summed E-state index contributed by atoms with van der Waals surface area (Å²) in [5.74, 6) is 0. The van der Waals surface area contributed by atoms with Gasteiger partial charge in [0.25, 0.3) is 0 Å². The summed E-state index contributed by atoms with van der Waals surface area (Å²) in [5, 5.41) is 12.8. The van der Waals surface area contributed by atoms with Crippen LogP contribution in [0.1, 0.15) is 11.1 Å². The fourth-order valence-electron chi connectivity index (χ4n) is 3.03. The number of sulfonamides is 1. The van der Waals surface area contributed by atoms with Crippen molar-refractivity contribution >= 4 is 38.5 Å². The number of carbonyl (C=O) groups is 1. The predicted molar refractivity (Wildman–Crippen MR) is 116 cm³/mol. The standard InChI is InChI=1S/C21H19N5O4S/c1-14-5-2-7-16(11-14)23-21(27)24-17-8-3-6-15(12-17)13-22-31(28,29)19-10-4-9-18-20(19)26-30-25-18/h2-12,22H,13H2,1H3,(H2,23,24,27). The molecule has 0 unspecified atom stereocenters. The SMILES string of the molecule is Cc1cccc(NC(=O)Nc2cccc(CNS(=O)(=O)c3cccc4nonc34)c2)c1. The lowest BCUT2D eigenvalue weighted by atomic mass is 10.2. The smallest absolute Gasteiger partial charge is 0.308 e. The molecule has 4 aromatic rings. The highest BCUT2D eigenvalue weighted by atomic mass is 32.2. The Morgan fingerprint density at radius 3 is 2.42 bits per heavy atom. The molecule has 1 heterocycles. The lowest BCUT2D eigenvalue weighted by molar-refractivity contribution is 0.262. The molecule has 158 valence electrons. The molecule has 0 spiro atoms. The van der Waals surface area contributed by atoms with Gasteiger partial charge in [0.2, 0.25) is 10.0 Å². The molecule has 31 heavy (non-hydrogen) atoms. The van der Waals surface area contributed by atoms with Gasteiger partial charge in [0.1, 0.15) is 10.4 Å². The summed E-state index contributed by atoms with van der Waals surface area (Å²) in [6, 6.07) is 18.6. The van der Waals surface area contributed by atoms with E-state index in [0.29, 0.717) is 22.5 Å². The molecular weight excluding hydrogens is 418 g/mol. The summed E-state index contributed by atoms with van der Waals surface area (Å²) < 4.78 is 32.6. The van der Waals surface area contributed by atoms with Gasteiger partial charge in [-0.3, -0.25) is 0 Å². The Morgan fingerprint density at radius 1 is 0.935 bits per heavy atom. The fourth-order valence-corrected chi connectivity index (χ4v) is 4.20. The maximum atomic E-state index is 12.7. The first-order valence-electron chi connectivity index (χ1n) is 9.35. The van der Waals surface area contributed by atoms with Gasteiger partial charge in [-0.05, 0) is 64.8 Å². The van der Waals surface area contributed by atoms with Crippen LogP contribution in [0, 0.1) is 6.92 Å². The van der Waals surface area contributed by atoms with Crippen molar-refractivity contribution < 1.29 is 17.8 Å². The summed E-state index contributed by atoms with van der Waals surface area (Å²) in [5.41, 5.74) is 3.43. The molecule has 0 saturated heterocycles. The van der Waals surface area contributed by atoms with Gasteiger partial charge in [-0.15, -0.1) is 0 Å². The van der Waals surface area contributed by atoms with E-state index in [-0.39, 0.29) is 17.0 Å². The zero-order valence-electron chi connectivity index (χ0n) is 16.5. The zero-order valence-corrected chi connectivity index (χ0v) is 17.3. The Bertz CT molecular complexity index is 1350. The number of nitrogens with one attached hydrogen (secondary N) is 3. The highest BCUT2D eigenvalue weighted by Gasteiger charge is 2.20. The van der Waals surface area contributed by atoms with Crippen LogP contribution in [0.2, 0.25) is 0 Å². The van der Waals surface area contributed by atoms with Crippen molar-refractivity contribution in [3.63, 3.8) is 0 Å². The van der Waals surface area contributed by atoms with Crippen LogP contribution >= 0.6 is 0 Å². The number of rotatable bonds is 6. The molecule has 0 aliphatic heterocycles. The Labute approximate surface area is 178 Å². The van der Waals surface area contributed by atoms with E-state index in [4.69, 9.17) is 0 Å². The number of urea groups is 1. The van der Waals surface area contributed by atoms with Gasteiger partial charge in [0.15, 0.2) is 5.52 Å². The van der Waals surface area contributed by atoms with E-state index < -0.39 is 16.1 Å². The van der Waals surface area contributed by atoms with Crippen LogP contribution in [0.3, 0.4) is 0 Å². The molecule has 0 aliphatic rings. The average molecular weight is 437 g/mol. The van der Waals surface area contributed by atoms with Crippen molar-refractivity contribution in [2.24, 2.45) is 0 Å². The first-order valence-corrected chi connectivity index (χ1v) is 10.8. The largest absolute Gasteiger partial charge is 0.323 e. The molecule has 9 nitrogen and oxygen atoms in total. The number of anilines is 2. The zero-order chi connectivity index (χ0) is 21.8. The van der Waals surface area contributed by atoms with Crippen LogP contribution in [0.15, 0.2) is 76.3 Å². The van der Waals surface area contributed by atoms with Crippen molar-refractivity contribution in [3.05, 3.63) is 77.9 Å². The third-order valence-electron chi connectivity index (χ3n) is 4.47. The van der Waals surface area contributed by atoms with E-state index in [1.807, 2.05) is 25.1 Å². The summed E-state index contributed by atoms with van der Waals surface area (Å²) >= 11 is 0. The van der Waals surface area contributed by atoms with Crippen molar-refractivity contribution in [1.29, 1.82) is 0 Å². The lowest BCUT2D eigenvalue weighted by Crippen LogP contribution is -2.24. The minimum Gasteiger partial charge on any atom is -0.308 e. The van der Waals surface area contributed by atoms with Crippen LogP contribution in [-0.4, -0.2) is 24.8 Å². The molecule has 3 aromatic carbocycles. The Kier molecular flexibility index (Phi) is 5.65. The van der Waals surface area contributed by atoms with Crippen LogP contribution in [0.25, 0.3) is 11.0 Å². The number of aromatic nitrogens is 2. The summed E-state index contributed by atoms with van der Waals surface area (Å²) in [6.07, 6.45) is 0. The number of hydrogen-bond acceptors (Lipinski definition) is 6. The molecule has 3 N–H and O–H groups in total. The number of amides is 2. The number of carbonyl (C=O) groups excluding carboxylic acids is 1. The first kappa shape index (κ1) is 20.5. The lowest BCUT2D eigenvalue weighted by Gasteiger charge is -2.10. The summed E-state index contributed by atoms with van der Waals surface area (Å²) in [6.45, 7) is 1.96. The molecule has 4 rings (SSSR count). The molecule has 0 aliphatic carbocycles. The second-order valence-electron chi connectivity index (χ2n) is 6.86.